The van der Waals surface area contributed by atoms with E-state index >= 15 is 0 Å². The second-order valence-corrected chi connectivity index (χ2v) is 4.58. The molecule has 0 aliphatic rings. The van der Waals surface area contributed by atoms with Gasteiger partial charge in [0.2, 0.25) is 0 Å². The summed E-state index contributed by atoms with van der Waals surface area (Å²) >= 11 is 0. The van der Waals surface area contributed by atoms with Crippen LogP contribution in [0.3, 0.4) is 0 Å². The minimum absolute atomic E-state index is 0. The van der Waals surface area contributed by atoms with E-state index in [4.69, 9.17) is 0 Å². The normalized spacial score (nSPS) is 10.4. The van der Waals surface area contributed by atoms with Crippen molar-refractivity contribution in [1.29, 1.82) is 0 Å². The predicted molar refractivity (Wildman–Crippen MR) is 80.2 cm³/mol. The molecule has 3 rings (SSSR count). The molecule has 1 heterocycles. The second-order valence-electron chi connectivity index (χ2n) is 4.58. The number of rotatable bonds is 4. The van der Waals surface area contributed by atoms with Gasteiger partial charge >= 0.3 is 0 Å². The first-order valence-corrected chi connectivity index (χ1v) is 6.50. The Hall–Kier alpha value is -2.68. The van der Waals surface area contributed by atoms with Crippen LogP contribution in [-0.2, 0) is 6.42 Å². The molecular formula is C17H16N2O. The maximum Gasteiger partial charge on any atom is 0.167 e. The van der Waals surface area contributed by atoms with E-state index < -0.39 is 0 Å². The summed E-state index contributed by atoms with van der Waals surface area (Å²) in [5.41, 5.74) is 2.71. The van der Waals surface area contributed by atoms with Crippen molar-refractivity contribution >= 4 is 5.78 Å². The maximum atomic E-state index is 12.2. The summed E-state index contributed by atoms with van der Waals surface area (Å²) in [6.45, 7) is 0. The molecule has 0 amide bonds. The van der Waals surface area contributed by atoms with Crippen LogP contribution in [0.4, 0.5) is 0 Å². The highest BCUT2D eigenvalue weighted by molar-refractivity contribution is 5.97. The van der Waals surface area contributed by atoms with Gasteiger partial charge in [0.25, 0.3) is 0 Å². The zero-order chi connectivity index (χ0) is 13.8. The van der Waals surface area contributed by atoms with Crippen LogP contribution in [0.2, 0.25) is 0 Å². The van der Waals surface area contributed by atoms with Crippen molar-refractivity contribution < 1.29 is 6.22 Å². The van der Waals surface area contributed by atoms with Gasteiger partial charge in [0.1, 0.15) is 0 Å². The molecule has 0 radical (unpaired) electrons. The summed E-state index contributed by atoms with van der Waals surface area (Å²) in [7, 11) is 0. The number of aromatic nitrogens is 2. The van der Waals surface area contributed by atoms with Gasteiger partial charge in [0.05, 0.1) is 5.69 Å². The zero-order valence-electron chi connectivity index (χ0n) is 10.9. The number of ketones is 1. The molecule has 3 nitrogen and oxygen atoms in total. The van der Waals surface area contributed by atoms with E-state index in [1.54, 1.807) is 10.9 Å². The Morgan fingerprint density at radius 3 is 2.40 bits per heavy atom. The molecular weight excluding hydrogens is 248 g/mol. The minimum Gasteiger partial charge on any atom is -0.294 e. The first-order valence-electron chi connectivity index (χ1n) is 6.50. The van der Waals surface area contributed by atoms with Crippen LogP contribution in [0, 0.1) is 0 Å². The third kappa shape index (κ3) is 2.67. The minimum atomic E-state index is 0. The zero-order valence-corrected chi connectivity index (χ0v) is 10.9. The van der Waals surface area contributed by atoms with Gasteiger partial charge in [-0.3, -0.25) is 4.79 Å². The van der Waals surface area contributed by atoms with Crippen molar-refractivity contribution in [2.75, 3.05) is 0 Å². The number of carbonyl (C=O) groups excluding carboxylic acids is 1. The van der Waals surface area contributed by atoms with Gasteiger partial charge in [-0.25, -0.2) is 4.68 Å². The fraction of sp³-hybridized carbons (Fsp3) is 0.0588. The Bertz CT molecular complexity index is 691. The topological polar surface area (TPSA) is 34.9 Å². The predicted octanol–water partition coefficient (Wildman–Crippen LogP) is 3.54. The van der Waals surface area contributed by atoms with Gasteiger partial charge in [0.15, 0.2) is 5.78 Å². The third-order valence-electron chi connectivity index (χ3n) is 3.17. The summed E-state index contributed by atoms with van der Waals surface area (Å²) in [6.07, 6.45) is 4.04. The highest BCUT2D eigenvalue weighted by atomic mass is 16.1. The molecule has 0 aliphatic carbocycles. The Balaban J connectivity index is 0.00000161. The van der Waals surface area contributed by atoms with E-state index in [1.807, 2.05) is 66.9 Å². The molecule has 3 aromatic rings. The molecule has 20 heavy (non-hydrogen) atoms. The summed E-state index contributed by atoms with van der Waals surface area (Å²) in [5, 5.41) is 4.16. The lowest BCUT2D eigenvalue weighted by atomic mass is 10.0. The van der Waals surface area contributed by atoms with Crippen molar-refractivity contribution in [1.82, 2.24) is 9.78 Å². The molecule has 100 valence electrons. The monoisotopic (exact) mass is 264 g/mol. The lowest BCUT2D eigenvalue weighted by Crippen LogP contribution is -2.04. The molecule has 0 atom stereocenters. The molecule has 3 heteroatoms. The van der Waals surface area contributed by atoms with Gasteiger partial charge in [-0.05, 0) is 35.9 Å². The standard InChI is InChI=1S/C17H14N2O.H2/c20-17(13-14-5-2-1-3-6-14)15-7-9-16(10-8-15)19-12-4-11-18-19;/h1-12H,13H2;1H. The lowest BCUT2D eigenvalue weighted by molar-refractivity contribution is 0.0993. The van der Waals surface area contributed by atoms with E-state index in [9.17, 15) is 4.79 Å². The van der Waals surface area contributed by atoms with Crippen molar-refractivity contribution in [3.8, 4) is 5.69 Å². The van der Waals surface area contributed by atoms with E-state index in [0.29, 0.717) is 6.42 Å². The van der Waals surface area contributed by atoms with Gasteiger partial charge in [0, 0.05) is 25.8 Å². The molecule has 1 aromatic heterocycles. The number of nitrogens with zero attached hydrogens (tertiary/aromatic N) is 2. The van der Waals surface area contributed by atoms with Crippen LogP contribution in [0.1, 0.15) is 17.3 Å². The Kier molecular flexibility index (Phi) is 3.42. The van der Waals surface area contributed by atoms with Crippen LogP contribution >= 0.6 is 0 Å². The molecule has 0 fully saturated rings. The highest BCUT2D eigenvalue weighted by Crippen LogP contribution is 2.11. The Morgan fingerprint density at radius 2 is 1.75 bits per heavy atom. The molecule has 0 aliphatic heterocycles. The van der Waals surface area contributed by atoms with Crippen LogP contribution in [0.25, 0.3) is 5.69 Å². The van der Waals surface area contributed by atoms with Crippen LogP contribution in [0.15, 0.2) is 73.1 Å². The average Bonchev–Trinajstić information content (AvgIpc) is 3.03. The van der Waals surface area contributed by atoms with Gasteiger partial charge < -0.3 is 0 Å². The van der Waals surface area contributed by atoms with Crippen LogP contribution in [-0.4, -0.2) is 15.6 Å². The van der Waals surface area contributed by atoms with Gasteiger partial charge in [-0.15, -0.1) is 0 Å². The highest BCUT2D eigenvalue weighted by Gasteiger charge is 2.07. The Labute approximate surface area is 119 Å². The number of carbonyl (C=O) groups is 1. The van der Waals surface area contributed by atoms with E-state index in [0.717, 1.165) is 16.8 Å². The van der Waals surface area contributed by atoms with Crippen molar-refractivity contribution in [3.05, 3.63) is 84.2 Å². The van der Waals surface area contributed by atoms with Crippen molar-refractivity contribution in [2.24, 2.45) is 0 Å². The van der Waals surface area contributed by atoms with Crippen LogP contribution < -0.4 is 0 Å². The molecule has 0 bridgehead atoms. The van der Waals surface area contributed by atoms with E-state index in [1.165, 1.54) is 0 Å². The Morgan fingerprint density at radius 1 is 1.00 bits per heavy atom. The largest absolute Gasteiger partial charge is 0.294 e. The molecule has 0 saturated carbocycles. The van der Waals surface area contributed by atoms with Gasteiger partial charge in [-0.2, -0.15) is 5.10 Å². The van der Waals surface area contributed by atoms with Crippen LogP contribution in [0.5, 0.6) is 0 Å². The molecule has 0 saturated heterocycles. The maximum absolute atomic E-state index is 12.2. The first kappa shape index (κ1) is 12.4. The third-order valence-corrected chi connectivity index (χ3v) is 3.17. The molecule has 0 N–H and O–H groups in total. The molecule has 2 aromatic carbocycles. The van der Waals surface area contributed by atoms with Crippen molar-refractivity contribution in [2.45, 2.75) is 6.42 Å². The van der Waals surface area contributed by atoms with Crippen molar-refractivity contribution in [3.63, 3.8) is 0 Å². The fourth-order valence-electron chi connectivity index (χ4n) is 2.10. The number of hydrogen-bond donors (Lipinski definition) is 0. The summed E-state index contributed by atoms with van der Waals surface area (Å²) in [5.74, 6) is 0.128. The smallest absolute Gasteiger partial charge is 0.167 e. The number of Topliss-reactive ketones (excluding diaryl/α,β-unsaturated/α-hetero) is 1. The fourth-order valence-corrected chi connectivity index (χ4v) is 2.10. The van der Waals surface area contributed by atoms with E-state index in [2.05, 4.69) is 5.10 Å². The molecule has 0 spiro atoms. The second kappa shape index (κ2) is 5.53. The first-order chi connectivity index (χ1) is 9.83. The molecule has 0 unspecified atom stereocenters. The average molecular weight is 264 g/mol. The number of benzene rings is 2. The van der Waals surface area contributed by atoms with E-state index in [-0.39, 0.29) is 7.21 Å². The van der Waals surface area contributed by atoms with Gasteiger partial charge in [-0.1, -0.05) is 30.3 Å². The summed E-state index contributed by atoms with van der Waals surface area (Å²) in [6, 6.07) is 19.2. The lowest BCUT2D eigenvalue weighted by Gasteiger charge is -2.04. The summed E-state index contributed by atoms with van der Waals surface area (Å²) < 4.78 is 1.77. The quantitative estimate of drug-likeness (QED) is 0.675. The number of hydrogen-bond acceptors (Lipinski definition) is 2. The summed E-state index contributed by atoms with van der Waals surface area (Å²) in [4.78, 5) is 12.2. The SMILES string of the molecule is O=C(Cc1ccccc1)c1ccc(-n2cccn2)cc1.[HH].